The van der Waals surface area contributed by atoms with Crippen LogP contribution in [0.2, 0.25) is 0 Å². The highest BCUT2D eigenvalue weighted by Gasteiger charge is 2.58. The SMILES string of the molecule is C=CC1(C)C=C2C(O)CC3C(C)(C)CCCC3(C)C2C(O)C1. The van der Waals surface area contributed by atoms with Gasteiger partial charge in [-0.05, 0) is 48.0 Å². The second-order valence-corrected chi connectivity index (χ2v) is 9.26. The zero-order chi connectivity index (χ0) is 16.3. The van der Waals surface area contributed by atoms with Gasteiger partial charge in [-0.25, -0.2) is 0 Å². The first-order valence-electron chi connectivity index (χ1n) is 8.85. The molecule has 3 aliphatic carbocycles. The van der Waals surface area contributed by atoms with Gasteiger partial charge in [0.05, 0.1) is 12.2 Å². The monoisotopic (exact) mass is 304 g/mol. The molecule has 0 aromatic heterocycles. The van der Waals surface area contributed by atoms with Crippen molar-refractivity contribution in [3.05, 3.63) is 24.3 Å². The van der Waals surface area contributed by atoms with Crippen LogP contribution < -0.4 is 0 Å². The van der Waals surface area contributed by atoms with Crippen LogP contribution in [0.1, 0.15) is 59.8 Å². The molecule has 0 amide bonds. The summed E-state index contributed by atoms with van der Waals surface area (Å²) >= 11 is 0. The summed E-state index contributed by atoms with van der Waals surface area (Å²) in [6.07, 6.45) is 8.53. The number of aliphatic hydroxyl groups is 2. The predicted molar refractivity (Wildman–Crippen MR) is 90.4 cm³/mol. The van der Waals surface area contributed by atoms with Crippen LogP contribution in [0.5, 0.6) is 0 Å². The first-order chi connectivity index (χ1) is 10.1. The van der Waals surface area contributed by atoms with Crippen molar-refractivity contribution in [3.63, 3.8) is 0 Å². The van der Waals surface area contributed by atoms with E-state index < -0.39 is 6.10 Å². The maximum atomic E-state index is 11.0. The van der Waals surface area contributed by atoms with Gasteiger partial charge in [0.2, 0.25) is 0 Å². The molecule has 22 heavy (non-hydrogen) atoms. The Labute approximate surface area is 135 Å². The van der Waals surface area contributed by atoms with Gasteiger partial charge in [0, 0.05) is 11.3 Å². The molecule has 0 heterocycles. The van der Waals surface area contributed by atoms with Crippen LogP contribution in [0.4, 0.5) is 0 Å². The average molecular weight is 304 g/mol. The molecule has 6 atom stereocenters. The van der Waals surface area contributed by atoms with E-state index in [0.29, 0.717) is 5.92 Å². The van der Waals surface area contributed by atoms with Gasteiger partial charge in [-0.15, -0.1) is 6.58 Å². The third kappa shape index (κ3) is 2.22. The van der Waals surface area contributed by atoms with Crippen molar-refractivity contribution in [3.8, 4) is 0 Å². The Hall–Kier alpha value is -0.600. The Morgan fingerprint density at radius 3 is 2.50 bits per heavy atom. The normalized spacial score (nSPS) is 50.5. The van der Waals surface area contributed by atoms with Crippen molar-refractivity contribution in [1.82, 2.24) is 0 Å². The number of rotatable bonds is 1. The van der Waals surface area contributed by atoms with E-state index in [2.05, 4.69) is 40.3 Å². The molecular formula is C20H32O2. The quantitative estimate of drug-likeness (QED) is 0.717. The Kier molecular flexibility index (Phi) is 3.66. The fourth-order valence-corrected chi connectivity index (χ4v) is 6.07. The molecule has 2 nitrogen and oxygen atoms in total. The lowest BCUT2D eigenvalue weighted by molar-refractivity contribution is -0.121. The third-order valence-corrected chi connectivity index (χ3v) is 7.19. The Morgan fingerprint density at radius 1 is 1.18 bits per heavy atom. The summed E-state index contributed by atoms with van der Waals surface area (Å²) in [6, 6.07) is 0. The summed E-state index contributed by atoms with van der Waals surface area (Å²) in [4.78, 5) is 0. The standard InChI is InChI=1S/C20H32O2/c1-6-19(4)11-13-14(21)10-16-18(2,3)8-7-9-20(16,5)17(13)15(22)12-19/h6,11,14-17,21-22H,1,7-10,12H2,2-5H3. The van der Waals surface area contributed by atoms with Crippen LogP contribution in [0.25, 0.3) is 0 Å². The third-order valence-electron chi connectivity index (χ3n) is 7.19. The molecule has 3 aliphatic rings. The lowest BCUT2D eigenvalue weighted by atomic mass is 9.44. The number of hydrogen-bond donors (Lipinski definition) is 2. The fourth-order valence-electron chi connectivity index (χ4n) is 6.07. The zero-order valence-electron chi connectivity index (χ0n) is 14.6. The minimum atomic E-state index is -0.408. The zero-order valence-corrected chi connectivity index (χ0v) is 14.6. The van der Waals surface area contributed by atoms with Crippen LogP contribution in [0, 0.1) is 28.1 Å². The molecule has 2 N–H and O–H groups in total. The van der Waals surface area contributed by atoms with Crippen molar-refractivity contribution in [2.45, 2.75) is 72.0 Å². The molecule has 0 saturated heterocycles. The lowest BCUT2D eigenvalue weighted by Gasteiger charge is -2.61. The van der Waals surface area contributed by atoms with Gasteiger partial charge in [0.1, 0.15) is 0 Å². The predicted octanol–water partition coefficient (Wildman–Crippen LogP) is 4.08. The molecule has 124 valence electrons. The molecule has 0 radical (unpaired) electrons. The highest BCUT2D eigenvalue weighted by molar-refractivity contribution is 5.31. The summed E-state index contributed by atoms with van der Waals surface area (Å²) in [6.45, 7) is 13.1. The van der Waals surface area contributed by atoms with E-state index in [-0.39, 0.29) is 28.3 Å². The summed E-state index contributed by atoms with van der Waals surface area (Å²) in [5.41, 5.74) is 1.24. The van der Waals surface area contributed by atoms with Crippen molar-refractivity contribution in [2.24, 2.45) is 28.1 Å². The van der Waals surface area contributed by atoms with E-state index >= 15 is 0 Å². The molecule has 2 heteroatoms. The Balaban J connectivity index is 2.08. The number of aliphatic hydroxyl groups excluding tert-OH is 2. The fraction of sp³-hybridized carbons (Fsp3) is 0.800. The van der Waals surface area contributed by atoms with E-state index in [1.165, 1.54) is 12.8 Å². The second-order valence-electron chi connectivity index (χ2n) is 9.26. The maximum Gasteiger partial charge on any atom is 0.0757 e. The van der Waals surface area contributed by atoms with Crippen molar-refractivity contribution >= 4 is 0 Å². The highest BCUT2D eigenvalue weighted by Crippen LogP contribution is 2.63. The highest BCUT2D eigenvalue weighted by atomic mass is 16.3. The summed E-state index contributed by atoms with van der Waals surface area (Å²) in [5.74, 6) is 0.586. The number of hydrogen-bond acceptors (Lipinski definition) is 2. The minimum Gasteiger partial charge on any atom is -0.392 e. The Morgan fingerprint density at radius 2 is 1.86 bits per heavy atom. The Bertz CT molecular complexity index is 506. The summed E-state index contributed by atoms with van der Waals surface area (Å²) in [7, 11) is 0. The van der Waals surface area contributed by atoms with Crippen LogP contribution >= 0.6 is 0 Å². The number of allylic oxidation sites excluding steroid dienone is 2. The molecule has 2 fully saturated rings. The molecule has 0 aliphatic heterocycles. The second kappa shape index (κ2) is 4.95. The maximum absolute atomic E-state index is 11.0. The van der Waals surface area contributed by atoms with Gasteiger partial charge in [0.25, 0.3) is 0 Å². The van der Waals surface area contributed by atoms with Gasteiger partial charge >= 0.3 is 0 Å². The minimum absolute atomic E-state index is 0.105. The van der Waals surface area contributed by atoms with Crippen LogP contribution in [-0.2, 0) is 0 Å². The van der Waals surface area contributed by atoms with Gasteiger partial charge < -0.3 is 10.2 Å². The molecule has 0 aromatic rings. The smallest absolute Gasteiger partial charge is 0.0757 e. The van der Waals surface area contributed by atoms with Crippen molar-refractivity contribution in [1.29, 1.82) is 0 Å². The van der Waals surface area contributed by atoms with E-state index in [1.54, 1.807) is 0 Å². The molecule has 0 aromatic carbocycles. The largest absolute Gasteiger partial charge is 0.392 e. The van der Waals surface area contributed by atoms with Crippen LogP contribution in [0.15, 0.2) is 24.3 Å². The molecular weight excluding hydrogens is 272 g/mol. The molecule has 6 unspecified atom stereocenters. The van der Waals surface area contributed by atoms with Gasteiger partial charge in [-0.3, -0.25) is 0 Å². The summed E-state index contributed by atoms with van der Waals surface area (Å²) < 4.78 is 0. The summed E-state index contributed by atoms with van der Waals surface area (Å²) in [5, 5.41) is 21.8. The van der Waals surface area contributed by atoms with Gasteiger partial charge in [-0.1, -0.05) is 46.3 Å². The van der Waals surface area contributed by atoms with Crippen molar-refractivity contribution < 1.29 is 10.2 Å². The molecule has 2 saturated carbocycles. The molecule has 0 spiro atoms. The van der Waals surface area contributed by atoms with Crippen LogP contribution in [-0.4, -0.2) is 22.4 Å². The molecule has 3 rings (SSSR count). The lowest BCUT2D eigenvalue weighted by Crippen LogP contribution is -2.57. The van der Waals surface area contributed by atoms with Crippen LogP contribution in [0.3, 0.4) is 0 Å². The topological polar surface area (TPSA) is 40.5 Å². The first kappa shape index (κ1) is 16.3. The van der Waals surface area contributed by atoms with Crippen molar-refractivity contribution in [2.75, 3.05) is 0 Å². The average Bonchev–Trinajstić information content (AvgIpc) is 2.40. The first-order valence-corrected chi connectivity index (χ1v) is 8.85. The van der Waals surface area contributed by atoms with E-state index in [1.807, 2.05) is 6.08 Å². The number of fused-ring (bicyclic) bond motifs is 3. The van der Waals surface area contributed by atoms with Gasteiger partial charge in [-0.2, -0.15) is 0 Å². The molecule has 0 bridgehead atoms. The van der Waals surface area contributed by atoms with E-state index in [0.717, 1.165) is 24.8 Å². The van der Waals surface area contributed by atoms with E-state index in [9.17, 15) is 10.2 Å². The van der Waals surface area contributed by atoms with E-state index in [4.69, 9.17) is 0 Å². The van der Waals surface area contributed by atoms with Gasteiger partial charge in [0.15, 0.2) is 0 Å².